The highest BCUT2D eigenvalue weighted by Crippen LogP contribution is 2.39. The zero-order valence-electron chi connectivity index (χ0n) is 12.1. The molecule has 21 heavy (non-hydrogen) atoms. The molecule has 1 aliphatic carbocycles. The monoisotopic (exact) mass is 354 g/mol. The summed E-state index contributed by atoms with van der Waals surface area (Å²) in [5, 5.41) is 12.1. The number of rotatable bonds is 4. The Morgan fingerprint density at radius 1 is 1.43 bits per heavy atom. The smallest absolute Gasteiger partial charge is 0.307 e. The Kier molecular flexibility index (Phi) is 4.98. The maximum atomic E-state index is 12.4. The SMILES string of the molecule is CCC1CC(C(=O)O)C(C(=O)Nc2ncc(Br)cc2C)C1. The molecule has 1 amide bonds. The van der Waals surface area contributed by atoms with Crippen LogP contribution in [0, 0.1) is 24.7 Å². The van der Waals surface area contributed by atoms with E-state index in [4.69, 9.17) is 0 Å². The standard InChI is InChI=1S/C15H19BrN2O3/c1-3-9-5-11(12(6-9)15(20)21)14(19)18-13-8(2)4-10(16)7-17-13/h4,7,9,11-12H,3,5-6H2,1-2H3,(H,20,21)(H,17,18,19). The number of carbonyl (C=O) groups is 2. The minimum atomic E-state index is -0.883. The van der Waals surface area contributed by atoms with E-state index in [1.807, 2.05) is 19.9 Å². The van der Waals surface area contributed by atoms with Gasteiger partial charge in [-0.25, -0.2) is 4.98 Å². The largest absolute Gasteiger partial charge is 0.481 e. The molecule has 2 rings (SSSR count). The molecule has 5 nitrogen and oxygen atoms in total. The van der Waals surface area contributed by atoms with Crippen LogP contribution in [0.2, 0.25) is 0 Å². The van der Waals surface area contributed by atoms with Crippen molar-refractivity contribution < 1.29 is 14.7 Å². The number of nitrogens with one attached hydrogen (secondary N) is 1. The lowest BCUT2D eigenvalue weighted by atomic mass is 9.95. The van der Waals surface area contributed by atoms with Crippen LogP contribution in [-0.2, 0) is 9.59 Å². The van der Waals surface area contributed by atoms with Gasteiger partial charge in [-0.2, -0.15) is 0 Å². The van der Waals surface area contributed by atoms with E-state index in [0.717, 1.165) is 16.5 Å². The van der Waals surface area contributed by atoms with Gasteiger partial charge < -0.3 is 10.4 Å². The zero-order chi connectivity index (χ0) is 15.6. The fraction of sp³-hybridized carbons (Fsp3) is 0.533. The number of carboxylic acid groups (broad SMARTS) is 1. The maximum absolute atomic E-state index is 12.4. The molecule has 6 heteroatoms. The summed E-state index contributed by atoms with van der Waals surface area (Å²) in [6.45, 7) is 3.88. The topological polar surface area (TPSA) is 79.3 Å². The van der Waals surface area contributed by atoms with E-state index in [9.17, 15) is 14.7 Å². The summed E-state index contributed by atoms with van der Waals surface area (Å²) in [5.41, 5.74) is 0.842. The molecule has 2 N–H and O–H groups in total. The molecule has 0 spiro atoms. The van der Waals surface area contributed by atoms with Gasteiger partial charge in [0.15, 0.2) is 0 Å². The Morgan fingerprint density at radius 3 is 2.67 bits per heavy atom. The molecule has 0 aromatic carbocycles. The third kappa shape index (κ3) is 3.61. The minimum absolute atomic E-state index is 0.240. The van der Waals surface area contributed by atoms with Gasteiger partial charge in [-0.15, -0.1) is 0 Å². The number of pyridine rings is 1. The second kappa shape index (κ2) is 6.56. The van der Waals surface area contributed by atoms with Crippen molar-refractivity contribution in [3.05, 3.63) is 22.3 Å². The average Bonchev–Trinajstić information content (AvgIpc) is 2.86. The van der Waals surface area contributed by atoms with Gasteiger partial charge in [0.2, 0.25) is 5.91 Å². The van der Waals surface area contributed by atoms with Crippen molar-refractivity contribution in [2.45, 2.75) is 33.1 Å². The van der Waals surface area contributed by atoms with Crippen molar-refractivity contribution in [2.24, 2.45) is 17.8 Å². The molecule has 3 atom stereocenters. The molecule has 0 radical (unpaired) electrons. The first-order chi connectivity index (χ1) is 9.92. The Bertz CT molecular complexity index is 562. The number of anilines is 1. The molecule has 1 aromatic heterocycles. The van der Waals surface area contributed by atoms with Crippen LogP contribution in [0.25, 0.3) is 0 Å². The molecule has 0 aliphatic heterocycles. The number of amides is 1. The van der Waals surface area contributed by atoms with E-state index in [1.54, 1.807) is 6.20 Å². The van der Waals surface area contributed by atoms with Gasteiger partial charge in [0.25, 0.3) is 0 Å². The van der Waals surface area contributed by atoms with Crippen molar-refractivity contribution in [3.63, 3.8) is 0 Å². The van der Waals surface area contributed by atoms with Crippen LogP contribution in [0.1, 0.15) is 31.7 Å². The van der Waals surface area contributed by atoms with Crippen LogP contribution < -0.4 is 5.32 Å². The quantitative estimate of drug-likeness (QED) is 0.869. The molecule has 1 aliphatic rings. The van der Waals surface area contributed by atoms with Crippen LogP contribution in [0.4, 0.5) is 5.82 Å². The van der Waals surface area contributed by atoms with Gasteiger partial charge in [-0.05, 0) is 53.2 Å². The lowest BCUT2D eigenvalue weighted by molar-refractivity contribution is -0.145. The third-order valence-electron chi connectivity index (χ3n) is 4.18. The summed E-state index contributed by atoms with van der Waals surface area (Å²) in [6.07, 6.45) is 3.73. The van der Waals surface area contributed by atoms with Crippen molar-refractivity contribution in [2.75, 3.05) is 5.32 Å². The van der Waals surface area contributed by atoms with Crippen molar-refractivity contribution in [1.29, 1.82) is 0 Å². The number of hydrogen-bond acceptors (Lipinski definition) is 3. The van der Waals surface area contributed by atoms with Crippen molar-refractivity contribution in [3.8, 4) is 0 Å². The molecule has 0 saturated heterocycles. The number of nitrogens with zero attached hydrogens (tertiary/aromatic N) is 1. The summed E-state index contributed by atoms with van der Waals surface area (Å²) in [6, 6.07) is 1.86. The number of halogens is 1. The number of hydrogen-bond donors (Lipinski definition) is 2. The highest BCUT2D eigenvalue weighted by molar-refractivity contribution is 9.10. The lowest BCUT2D eigenvalue weighted by Gasteiger charge is -2.16. The lowest BCUT2D eigenvalue weighted by Crippen LogP contribution is -2.30. The number of aryl methyl sites for hydroxylation is 1. The van der Waals surface area contributed by atoms with E-state index < -0.39 is 17.8 Å². The van der Waals surface area contributed by atoms with Gasteiger partial charge in [-0.3, -0.25) is 9.59 Å². The van der Waals surface area contributed by atoms with Crippen molar-refractivity contribution in [1.82, 2.24) is 4.98 Å². The predicted molar refractivity (Wildman–Crippen MR) is 82.9 cm³/mol. The number of aliphatic carboxylic acids is 1. The third-order valence-corrected chi connectivity index (χ3v) is 4.61. The van der Waals surface area contributed by atoms with Gasteiger partial charge >= 0.3 is 5.97 Å². The Balaban J connectivity index is 2.13. The maximum Gasteiger partial charge on any atom is 0.307 e. The highest BCUT2D eigenvalue weighted by Gasteiger charge is 2.42. The molecule has 1 fully saturated rings. The summed E-state index contributed by atoms with van der Waals surface area (Å²) in [4.78, 5) is 27.9. The van der Waals surface area contributed by atoms with Gasteiger partial charge in [0, 0.05) is 10.7 Å². The first kappa shape index (κ1) is 15.9. The van der Waals surface area contributed by atoms with Crippen molar-refractivity contribution >= 4 is 33.6 Å². The summed E-state index contributed by atoms with van der Waals surface area (Å²) in [5.74, 6) is -1.39. The molecule has 3 unspecified atom stereocenters. The zero-order valence-corrected chi connectivity index (χ0v) is 13.7. The Morgan fingerprint density at radius 2 is 2.10 bits per heavy atom. The van der Waals surface area contributed by atoms with E-state index in [1.165, 1.54) is 0 Å². The van der Waals surface area contributed by atoms with Crippen LogP contribution >= 0.6 is 15.9 Å². The predicted octanol–water partition coefficient (Wildman–Crippen LogP) is 3.23. The minimum Gasteiger partial charge on any atom is -0.481 e. The first-order valence-corrected chi connectivity index (χ1v) is 7.87. The van der Waals surface area contributed by atoms with E-state index >= 15 is 0 Å². The fourth-order valence-corrected chi connectivity index (χ4v) is 3.37. The van der Waals surface area contributed by atoms with Gasteiger partial charge in [0.05, 0.1) is 11.8 Å². The van der Waals surface area contributed by atoms with Crippen LogP contribution in [0.3, 0.4) is 0 Å². The summed E-state index contributed by atoms with van der Waals surface area (Å²) in [7, 11) is 0. The first-order valence-electron chi connectivity index (χ1n) is 7.08. The number of carbonyl (C=O) groups excluding carboxylic acids is 1. The summed E-state index contributed by atoms with van der Waals surface area (Å²) < 4.78 is 0.841. The molecule has 1 heterocycles. The Labute approximate surface area is 132 Å². The normalized spacial score (nSPS) is 24.8. The summed E-state index contributed by atoms with van der Waals surface area (Å²) >= 11 is 3.32. The van der Waals surface area contributed by atoms with Crippen LogP contribution in [0.5, 0.6) is 0 Å². The fourth-order valence-electron chi connectivity index (χ4n) is 2.92. The molecule has 1 saturated carbocycles. The average molecular weight is 355 g/mol. The highest BCUT2D eigenvalue weighted by atomic mass is 79.9. The Hall–Kier alpha value is -1.43. The molecule has 0 bridgehead atoms. The van der Waals surface area contributed by atoms with Gasteiger partial charge in [0.1, 0.15) is 5.82 Å². The van der Waals surface area contributed by atoms with E-state index in [-0.39, 0.29) is 5.91 Å². The van der Waals surface area contributed by atoms with Crippen LogP contribution in [0.15, 0.2) is 16.7 Å². The molecular weight excluding hydrogens is 336 g/mol. The second-order valence-corrected chi connectivity index (χ2v) is 6.52. The van der Waals surface area contributed by atoms with Gasteiger partial charge in [-0.1, -0.05) is 13.3 Å². The second-order valence-electron chi connectivity index (χ2n) is 5.61. The molecule has 114 valence electrons. The molecule has 1 aromatic rings. The van der Waals surface area contributed by atoms with E-state index in [2.05, 4.69) is 26.2 Å². The van der Waals surface area contributed by atoms with E-state index in [0.29, 0.717) is 24.6 Å². The van der Waals surface area contributed by atoms with Crippen LogP contribution in [-0.4, -0.2) is 22.0 Å². The number of carboxylic acids is 1. The number of aromatic nitrogens is 1. The molecular formula is C15H19BrN2O3.